The van der Waals surface area contributed by atoms with E-state index in [0.717, 1.165) is 16.7 Å². The number of carbonyl (C=O) groups excluding carboxylic acids is 1. The number of aromatic nitrogens is 2. The molecular formula is C11H12ClN3O. The van der Waals surface area contributed by atoms with Gasteiger partial charge in [0.2, 0.25) is 5.91 Å². The second kappa shape index (κ2) is 4.53. The third-order valence-electron chi connectivity index (χ3n) is 2.33. The Bertz CT molecular complexity index is 521. The van der Waals surface area contributed by atoms with Crippen LogP contribution in [0.4, 0.5) is 5.69 Å². The van der Waals surface area contributed by atoms with Gasteiger partial charge in [-0.15, -0.1) is 11.6 Å². The summed E-state index contributed by atoms with van der Waals surface area (Å²) < 4.78 is 1.93. The summed E-state index contributed by atoms with van der Waals surface area (Å²) in [6.07, 6.45) is 2.07. The molecule has 0 saturated carbocycles. The average Bonchev–Trinajstić information content (AvgIpc) is 2.60. The van der Waals surface area contributed by atoms with Gasteiger partial charge in [-0.1, -0.05) is 0 Å². The molecule has 0 radical (unpaired) electrons. The molecule has 0 fully saturated rings. The third-order valence-corrected chi connectivity index (χ3v) is 2.52. The first-order valence-corrected chi connectivity index (χ1v) is 5.51. The van der Waals surface area contributed by atoms with E-state index in [0.29, 0.717) is 12.3 Å². The highest BCUT2D eigenvalue weighted by atomic mass is 35.5. The molecule has 1 aromatic carbocycles. The van der Waals surface area contributed by atoms with Gasteiger partial charge in [0, 0.05) is 25.0 Å². The number of nitrogens with zero attached hydrogens (tertiary/aromatic N) is 2. The number of carbonyl (C=O) groups is 1. The van der Waals surface area contributed by atoms with E-state index in [1.807, 2.05) is 29.8 Å². The molecule has 0 aliphatic carbocycles. The topological polar surface area (TPSA) is 46.9 Å². The molecule has 0 aliphatic rings. The first-order valence-electron chi connectivity index (χ1n) is 4.97. The quantitative estimate of drug-likeness (QED) is 0.832. The van der Waals surface area contributed by atoms with Crippen molar-refractivity contribution in [1.29, 1.82) is 0 Å². The highest BCUT2D eigenvalue weighted by Gasteiger charge is 2.04. The number of benzene rings is 1. The van der Waals surface area contributed by atoms with Gasteiger partial charge < -0.3 is 9.88 Å². The molecule has 4 nitrogen and oxygen atoms in total. The predicted molar refractivity (Wildman–Crippen MR) is 64.7 cm³/mol. The fraction of sp³-hybridized carbons (Fsp3) is 0.273. The summed E-state index contributed by atoms with van der Waals surface area (Å²) in [4.78, 5) is 15.6. The molecular weight excluding hydrogens is 226 g/mol. The van der Waals surface area contributed by atoms with Gasteiger partial charge in [0.25, 0.3) is 0 Å². The summed E-state index contributed by atoms with van der Waals surface area (Å²) in [6, 6.07) is 5.64. The standard InChI is InChI=1S/C11H12ClN3O/c1-15-7-13-9-6-8(2-3-10(9)15)14-11(16)4-5-12/h2-3,6-7H,4-5H2,1H3,(H,14,16). The molecule has 1 amide bonds. The summed E-state index contributed by atoms with van der Waals surface area (Å²) in [6.45, 7) is 0. The molecule has 84 valence electrons. The monoisotopic (exact) mass is 237 g/mol. The molecule has 0 spiro atoms. The number of anilines is 1. The minimum atomic E-state index is -0.0784. The lowest BCUT2D eigenvalue weighted by atomic mass is 10.2. The maximum absolute atomic E-state index is 11.3. The summed E-state index contributed by atoms with van der Waals surface area (Å²) in [7, 11) is 1.93. The average molecular weight is 238 g/mol. The van der Waals surface area contributed by atoms with Crippen molar-refractivity contribution < 1.29 is 4.79 Å². The molecule has 0 bridgehead atoms. The lowest BCUT2D eigenvalue weighted by molar-refractivity contribution is -0.115. The van der Waals surface area contributed by atoms with Crippen LogP contribution in [-0.4, -0.2) is 21.3 Å². The van der Waals surface area contributed by atoms with Crippen LogP contribution < -0.4 is 5.32 Å². The number of fused-ring (bicyclic) bond motifs is 1. The van der Waals surface area contributed by atoms with E-state index in [4.69, 9.17) is 11.6 Å². The fourth-order valence-electron chi connectivity index (χ4n) is 1.52. The molecule has 1 N–H and O–H groups in total. The van der Waals surface area contributed by atoms with Crippen molar-refractivity contribution in [2.75, 3.05) is 11.2 Å². The number of halogens is 1. The van der Waals surface area contributed by atoms with Gasteiger partial charge in [-0.05, 0) is 18.2 Å². The summed E-state index contributed by atoms with van der Waals surface area (Å²) in [5, 5.41) is 2.77. The van der Waals surface area contributed by atoms with Crippen molar-refractivity contribution in [3.63, 3.8) is 0 Å². The number of alkyl halides is 1. The van der Waals surface area contributed by atoms with E-state index in [1.165, 1.54) is 0 Å². The predicted octanol–water partition coefficient (Wildman–Crippen LogP) is 2.14. The van der Waals surface area contributed by atoms with Gasteiger partial charge >= 0.3 is 0 Å². The molecule has 5 heteroatoms. The number of nitrogens with one attached hydrogen (secondary N) is 1. The Morgan fingerprint density at radius 2 is 2.38 bits per heavy atom. The van der Waals surface area contributed by atoms with Crippen LogP contribution in [0.2, 0.25) is 0 Å². The molecule has 1 aromatic heterocycles. The maximum atomic E-state index is 11.3. The number of imidazole rings is 1. The van der Waals surface area contributed by atoms with Crippen LogP contribution in [0.3, 0.4) is 0 Å². The van der Waals surface area contributed by atoms with Crippen LogP contribution in [0.1, 0.15) is 6.42 Å². The van der Waals surface area contributed by atoms with Crippen molar-refractivity contribution in [2.24, 2.45) is 7.05 Å². The van der Waals surface area contributed by atoms with Gasteiger partial charge in [-0.3, -0.25) is 4.79 Å². The Hall–Kier alpha value is -1.55. The summed E-state index contributed by atoms with van der Waals surface area (Å²) >= 11 is 5.48. The van der Waals surface area contributed by atoms with Crippen LogP contribution in [0.25, 0.3) is 11.0 Å². The molecule has 0 unspecified atom stereocenters. The first kappa shape index (κ1) is 11.0. The Labute approximate surface area is 98.2 Å². The molecule has 1 heterocycles. The van der Waals surface area contributed by atoms with Crippen molar-refractivity contribution in [1.82, 2.24) is 9.55 Å². The Morgan fingerprint density at radius 3 is 3.12 bits per heavy atom. The van der Waals surface area contributed by atoms with E-state index in [-0.39, 0.29) is 5.91 Å². The SMILES string of the molecule is Cn1cnc2cc(NC(=O)CCCl)ccc21. The summed E-state index contributed by atoms with van der Waals surface area (Å²) in [5.74, 6) is 0.253. The van der Waals surface area contributed by atoms with E-state index in [2.05, 4.69) is 10.3 Å². The van der Waals surface area contributed by atoms with Gasteiger partial charge in [-0.2, -0.15) is 0 Å². The normalized spacial score (nSPS) is 10.6. The number of hydrogen-bond acceptors (Lipinski definition) is 2. The van der Waals surface area contributed by atoms with Crippen molar-refractivity contribution in [2.45, 2.75) is 6.42 Å². The molecule has 2 aromatic rings. The zero-order chi connectivity index (χ0) is 11.5. The highest BCUT2D eigenvalue weighted by Crippen LogP contribution is 2.17. The van der Waals surface area contributed by atoms with E-state index in [1.54, 1.807) is 6.33 Å². The van der Waals surface area contributed by atoms with Crippen LogP contribution in [-0.2, 0) is 11.8 Å². The Kier molecular flexibility index (Phi) is 3.10. The number of amides is 1. The van der Waals surface area contributed by atoms with Gasteiger partial charge in [0.05, 0.1) is 17.4 Å². The summed E-state index contributed by atoms with van der Waals surface area (Å²) in [5.41, 5.74) is 2.66. The van der Waals surface area contributed by atoms with Gasteiger partial charge in [-0.25, -0.2) is 4.98 Å². The molecule has 0 aliphatic heterocycles. The second-order valence-corrected chi connectivity index (χ2v) is 3.92. The second-order valence-electron chi connectivity index (χ2n) is 3.55. The molecule has 0 atom stereocenters. The Morgan fingerprint density at radius 1 is 1.56 bits per heavy atom. The van der Waals surface area contributed by atoms with Gasteiger partial charge in [0.15, 0.2) is 0 Å². The van der Waals surface area contributed by atoms with Crippen LogP contribution in [0, 0.1) is 0 Å². The number of aryl methyl sites for hydroxylation is 1. The van der Waals surface area contributed by atoms with Crippen molar-refractivity contribution in [3.8, 4) is 0 Å². The first-order chi connectivity index (χ1) is 7.70. The minimum absolute atomic E-state index is 0.0784. The zero-order valence-corrected chi connectivity index (χ0v) is 9.66. The highest BCUT2D eigenvalue weighted by molar-refractivity contribution is 6.19. The largest absolute Gasteiger partial charge is 0.334 e. The molecule has 2 rings (SSSR count). The number of hydrogen-bond donors (Lipinski definition) is 1. The van der Waals surface area contributed by atoms with E-state index < -0.39 is 0 Å². The smallest absolute Gasteiger partial charge is 0.225 e. The molecule has 16 heavy (non-hydrogen) atoms. The zero-order valence-electron chi connectivity index (χ0n) is 8.90. The van der Waals surface area contributed by atoms with E-state index >= 15 is 0 Å². The lowest BCUT2D eigenvalue weighted by Crippen LogP contribution is -2.11. The van der Waals surface area contributed by atoms with Crippen molar-refractivity contribution >= 4 is 34.2 Å². The number of rotatable bonds is 3. The molecule has 0 saturated heterocycles. The maximum Gasteiger partial charge on any atom is 0.225 e. The van der Waals surface area contributed by atoms with E-state index in [9.17, 15) is 4.79 Å². The fourth-order valence-corrected chi connectivity index (χ4v) is 1.69. The third kappa shape index (κ3) is 2.17. The minimum Gasteiger partial charge on any atom is -0.334 e. The van der Waals surface area contributed by atoms with Crippen molar-refractivity contribution in [3.05, 3.63) is 24.5 Å². The van der Waals surface area contributed by atoms with Gasteiger partial charge in [0.1, 0.15) is 0 Å². The van der Waals surface area contributed by atoms with Crippen LogP contribution >= 0.6 is 11.6 Å². The van der Waals surface area contributed by atoms with Crippen LogP contribution in [0.5, 0.6) is 0 Å². The Balaban J connectivity index is 2.23. The van der Waals surface area contributed by atoms with Crippen LogP contribution in [0.15, 0.2) is 24.5 Å². The lowest BCUT2D eigenvalue weighted by Gasteiger charge is -2.03.